The number of nitrogens with zero attached hydrogens (tertiary/aromatic N) is 6. The number of hydrogen-bond donors (Lipinski definition) is 0. The summed E-state index contributed by atoms with van der Waals surface area (Å²) in [5.74, 6) is 0.156. The van der Waals surface area contributed by atoms with E-state index in [-0.39, 0.29) is 24.7 Å². The van der Waals surface area contributed by atoms with Gasteiger partial charge in [0.2, 0.25) is 11.8 Å². The van der Waals surface area contributed by atoms with Gasteiger partial charge < -0.3 is 19.6 Å². The van der Waals surface area contributed by atoms with Crippen molar-refractivity contribution in [3.8, 4) is 0 Å². The normalized spacial score (nSPS) is 17.2. The monoisotopic (exact) mass is 478 g/mol. The Hall–Kier alpha value is -3.20. The summed E-state index contributed by atoms with van der Waals surface area (Å²) in [5, 5.41) is 0.966. The van der Waals surface area contributed by atoms with E-state index in [9.17, 15) is 9.59 Å². The molecule has 2 amide bonds. The van der Waals surface area contributed by atoms with Crippen LogP contribution in [-0.4, -0.2) is 83.9 Å². The Bertz CT molecular complexity index is 1100. The molecule has 9 heteroatoms. The Morgan fingerprint density at radius 2 is 1.44 bits per heavy atom. The van der Waals surface area contributed by atoms with Crippen molar-refractivity contribution in [2.75, 3.05) is 62.2 Å². The number of thiazole rings is 1. The van der Waals surface area contributed by atoms with Gasteiger partial charge in [0, 0.05) is 77.1 Å². The minimum atomic E-state index is 0.0732. The maximum atomic E-state index is 12.9. The molecule has 2 aliphatic rings. The van der Waals surface area contributed by atoms with Crippen molar-refractivity contribution in [2.45, 2.75) is 19.3 Å². The molecular formula is C25H30N6O2S. The molecular weight excluding hydrogens is 448 g/mol. The van der Waals surface area contributed by atoms with Gasteiger partial charge in [-0.3, -0.25) is 9.59 Å². The average molecular weight is 479 g/mol. The van der Waals surface area contributed by atoms with Crippen LogP contribution in [0.5, 0.6) is 0 Å². The van der Waals surface area contributed by atoms with Gasteiger partial charge in [-0.05, 0) is 30.7 Å². The fraction of sp³-hybridized carbons (Fsp3) is 0.440. The van der Waals surface area contributed by atoms with Crippen molar-refractivity contribution in [3.05, 3.63) is 48.7 Å². The van der Waals surface area contributed by atoms with Crippen LogP contribution in [0.4, 0.5) is 10.8 Å². The third kappa shape index (κ3) is 5.14. The van der Waals surface area contributed by atoms with Crippen molar-refractivity contribution in [1.29, 1.82) is 0 Å². The number of rotatable bonds is 5. The summed E-state index contributed by atoms with van der Waals surface area (Å²) in [6, 6.07) is 14.2. The molecule has 34 heavy (non-hydrogen) atoms. The van der Waals surface area contributed by atoms with Crippen LogP contribution in [0.25, 0.3) is 10.3 Å². The number of piperazine rings is 1. The summed E-state index contributed by atoms with van der Waals surface area (Å²) in [7, 11) is 0. The van der Waals surface area contributed by atoms with E-state index in [0.717, 1.165) is 54.6 Å². The lowest BCUT2D eigenvalue weighted by atomic mass is 10.2. The molecule has 0 saturated carbocycles. The molecule has 1 aromatic carbocycles. The number of amides is 2. The molecule has 0 N–H and O–H groups in total. The molecule has 0 unspecified atom stereocenters. The Morgan fingerprint density at radius 1 is 0.765 bits per heavy atom. The molecule has 2 saturated heterocycles. The lowest BCUT2D eigenvalue weighted by Gasteiger charge is -2.36. The fourth-order valence-corrected chi connectivity index (χ4v) is 5.60. The summed E-state index contributed by atoms with van der Waals surface area (Å²) in [6.07, 6.45) is 3.25. The van der Waals surface area contributed by atoms with E-state index in [2.05, 4.69) is 26.9 Å². The quantitative estimate of drug-likeness (QED) is 0.562. The van der Waals surface area contributed by atoms with Crippen LogP contribution >= 0.6 is 11.3 Å². The molecule has 0 spiro atoms. The summed E-state index contributed by atoms with van der Waals surface area (Å²) >= 11 is 1.60. The van der Waals surface area contributed by atoms with Gasteiger partial charge in [-0.25, -0.2) is 9.97 Å². The predicted octanol–water partition coefficient (Wildman–Crippen LogP) is 2.86. The van der Waals surface area contributed by atoms with Crippen molar-refractivity contribution < 1.29 is 9.59 Å². The van der Waals surface area contributed by atoms with Gasteiger partial charge in [-0.2, -0.15) is 0 Å². The Labute approximate surface area is 203 Å². The first-order chi connectivity index (χ1) is 16.7. The predicted molar refractivity (Wildman–Crippen MR) is 135 cm³/mol. The minimum Gasteiger partial charge on any atom is -0.368 e. The van der Waals surface area contributed by atoms with Gasteiger partial charge in [0.05, 0.1) is 0 Å². The van der Waals surface area contributed by atoms with Crippen LogP contribution < -0.4 is 9.80 Å². The van der Waals surface area contributed by atoms with Crippen LogP contribution in [-0.2, 0) is 9.59 Å². The third-order valence-electron chi connectivity index (χ3n) is 6.58. The number of hydrogen-bond acceptors (Lipinski definition) is 7. The van der Waals surface area contributed by atoms with Gasteiger partial charge in [-0.15, -0.1) is 0 Å². The Balaban J connectivity index is 1.08. The molecule has 178 valence electrons. The van der Waals surface area contributed by atoms with E-state index in [1.54, 1.807) is 17.5 Å². The highest BCUT2D eigenvalue weighted by Crippen LogP contribution is 2.27. The van der Waals surface area contributed by atoms with Crippen LogP contribution in [0.1, 0.15) is 19.3 Å². The van der Waals surface area contributed by atoms with Crippen molar-refractivity contribution in [3.63, 3.8) is 0 Å². The van der Waals surface area contributed by atoms with E-state index in [1.807, 2.05) is 40.1 Å². The first kappa shape index (κ1) is 22.6. The topological polar surface area (TPSA) is 72.9 Å². The van der Waals surface area contributed by atoms with Gasteiger partial charge >= 0.3 is 0 Å². The standard InChI is InChI=1S/C25H30N6O2S/c32-22(9-10-23(33)30-16-14-28(15-17-30)20-6-2-1-3-7-20)29-12-5-13-31(19-18-29)25-27-21-8-4-11-26-24(21)34-25/h1-4,6-8,11H,5,9-10,12-19H2. The lowest BCUT2D eigenvalue weighted by Crippen LogP contribution is -2.49. The first-order valence-electron chi connectivity index (χ1n) is 12.0. The second kappa shape index (κ2) is 10.4. The molecule has 0 atom stereocenters. The highest BCUT2D eigenvalue weighted by Gasteiger charge is 2.24. The number of benzene rings is 1. The Kier molecular flexibility index (Phi) is 6.89. The third-order valence-corrected chi connectivity index (χ3v) is 7.62. The Morgan fingerprint density at radius 3 is 2.15 bits per heavy atom. The highest BCUT2D eigenvalue weighted by molar-refractivity contribution is 7.21. The van der Waals surface area contributed by atoms with E-state index >= 15 is 0 Å². The van der Waals surface area contributed by atoms with Crippen LogP contribution in [0.3, 0.4) is 0 Å². The van der Waals surface area contributed by atoms with Gasteiger partial charge in [0.25, 0.3) is 0 Å². The molecule has 3 aromatic rings. The second-order valence-corrected chi connectivity index (χ2v) is 9.70. The van der Waals surface area contributed by atoms with Crippen LogP contribution in [0.15, 0.2) is 48.7 Å². The molecule has 5 rings (SSSR count). The van der Waals surface area contributed by atoms with Crippen LogP contribution in [0, 0.1) is 0 Å². The van der Waals surface area contributed by atoms with Gasteiger partial charge in [-0.1, -0.05) is 29.5 Å². The highest BCUT2D eigenvalue weighted by atomic mass is 32.1. The zero-order valence-electron chi connectivity index (χ0n) is 19.3. The number of para-hydroxylation sites is 1. The number of aromatic nitrogens is 2. The molecule has 8 nitrogen and oxygen atoms in total. The largest absolute Gasteiger partial charge is 0.368 e. The van der Waals surface area contributed by atoms with E-state index in [1.165, 1.54) is 5.69 Å². The summed E-state index contributed by atoms with van der Waals surface area (Å²) in [4.78, 5) is 44.0. The van der Waals surface area contributed by atoms with Crippen LogP contribution in [0.2, 0.25) is 0 Å². The van der Waals surface area contributed by atoms with Gasteiger partial charge in [0.1, 0.15) is 10.3 Å². The molecule has 2 aromatic heterocycles. The van der Waals surface area contributed by atoms with E-state index in [0.29, 0.717) is 19.6 Å². The smallest absolute Gasteiger partial charge is 0.223 e. The van der Waals surface area contributed by atoms with Crippen molar-refractivity contribution in [2.24, 2.45) is 0 Å². The number of pyridine rings is 1. The number of carbonyl (C=O) groups is 2. The fourth-order valence-electron chi connectivity index (χ4n) is 4.63. The SMILES string of the molecule is O=C(CCC(=O)N1CCCN(c2nc3cccnc3s2)CC1)N1CCN(c2ccccc2)CC1. The molecule has 0 aliphatic carbocycles. The maximum absolute atomic E-state index is 12.9. The summed E-state index contributed by atoms with van der Waals surface area (Å²) in [6.45, 7) is 6.07. The molecule has 2 fully saturated rings. The second-order valence-electron chi connectivity index (χ2n) is 8.75. The minimum absolute atomic E-state index is 0.0732. The lowest BCUT2D eigenvalue weighted by molar-refractivity contribution is -0.137. The van der Waals surface area contributed by atoms with Crippen molar-refractivity contribution in [1.82, 2.24) is 19.8 Å². The molecule has 0 bridgehead atoms. The molecule has 0 radical (unpaired) electrons. The summed E-state index contributed by atoms with van der Waals surface area (Å²) < 4.78 is 0. The molecule has 4 heterocycles. The van der Waals surface area contributed by atoms with E-state index < -0.39 is 0 Å². The maximum Gasteiger partial charge on any atom is 0.223 e. The summed E-state index contributed by atoms with van der Waals surface area (Å²) in [5.41, 5.74) is 2.12. The molecule has 2 aliphatic heterocycles. The zero-order valence-corrected chi connectivity index (χ0v) is 20.1. The van der Waals surface area contributed by atoms with Crippen molar-refractivity contribution >= 4 is 44.3 Å². The number of carbonyl (C=O) groups excluding carboxylic acids is 2. The first-order valence-corrected chi connectivity index (χ1v) is 12.8. The number of anilines is 2. The number of fused-ring (bicyclic) bond motifs is 1. The van der Waals surface area contributed by atoms with Gasteiger partial charge in [0.15, 0.2) is 5.13 Å². The average Bonchev–Trinajstić information content (AvgIpc) is 3.17. The zero-order chi connectivity index (χ0) is 23.3. The van der Waals surface area contributed by atoms with E-state index in [4.69, 9.17) is 4.98 Å².